The number of thiophene rings is 1. The normalized spacial score (nSPS) is 13.6. The summed E-state index contributed by atoms with van der Waals surface area (Å²) < 4.78 is 0. The lowest BCUT2D eigenvalue weighted by Gasteiger charge is -2.11. The predicted molar refractivity (Wildman–Crippen MR) is 116 cm³/mol. The molecule has 0 radical (unpaired) electrons. The minimum Gasteiger partial charge on any atom is -0.383 e. The van der Waals surface area contributed by atoms with E-state index in [4.69, 9.17) is 0 Å². The Morgan fingerprint density at radius 3 is 1.55 bits per heavy atom. The van der Waals surface area contributed by atoms with Gasteiger partial charge in [0.2, 0.25) is 0 Å². The van der Waals surface area contributed by atoms with Crippen LogP contribution in [0.1, 0.15) is 33.1 Å². The fourth-order valence-electron chi connectivity index (χ4n) is 3.47. The molecule has 3 aromatic heterocycles. The highest BCUT2D eigenvalue weighted by Gasteiger charge is 2.19. The summed E-state index contributed by atoms with van der Waals surface area (Å²) in [5, 5.41) is 23.6. The van der Waals surface area contributed by atoms with Gasteiger partial charge in [0.05, 0.1) is 11.0 Å². The van der Waals surface area contributed by atoms with Crippen molar-refractivity contribution >= 4 is 33.1 Å². The van der Waals surface area contributed by atoms with Gasteiger partial charge in [0.1, 0.15) is 12.2 Å². The van der Waals surface area contributed by atoms with Crippen molar-refractivity contribution in [2.45, 2.75) is 12.2 Å². The SMILES string of the molecule is OC(c1cnc2ccccc2c1)c1ccc(C(O)c2cnc3ccccc3c2)s1. The Hall–Kier alpha value is -3.12. The number of hydrogen-bond donors (Lipinski definition) is 2. The third kappa shape index (κ3) is 3.40. The number of nitrogens with zero attached hydrogens (tertiary/aromatic N) is 2. The molecule has 5 heteroatoms. The second kappa shape index (κ2) is 7.37. The van der Waals surface area contributed by atoms with Gasteiger partial charge in [-0.15, -0.1) is 11.3 Å². The summed E-state index contributed by atoms with van der Waals surface area (Å²) in [5.74, 6) is 0. The molecule has 2 N–H and O–H groups in total. The summed E-state index contributed by atoms with van der Waals surface area (Å²) in [5.41, 5.74) is 3.27. The van der Waals surface area contributed by atoms with E-state index in [-0.39, 0.29) is 0 Å². The van der Waals surface area contributed by atoms with Crippen LogP contribution in [0.4, 0.5) is 0 Å². The van der Waals surface area contributed by atoms with Gasteiger partial charge in [0, 0.05) is 44.0 Å². The maximum Gasteiger partial charge on any atom is 0.115 e. The van der Waals surface area contributed by atoms with Crippen molar-refractivity contribution in [1.29, 1.82) is 0 Å². The van der Waals surface area contributed by atoms with Crippen molar-refractivity contribution < 1.29 is 10.2 Å². The molecule has 5 rings (SSSR count). The molecule has 4 nitrogen and oxygen atoms in total. The van der Waals surface area contributed by atoms with E-state index in [1.165, 1.54) is 11.3 Å². The Balaban J connectivity index is 1.43. The molecule has 0 amide bonds. The Labute approximate surface area is 171 Å². The van der Waals surface area contributed by atoms with E-state index < -0.39 is 12.2 Å². The van der Waals surface area contributed by atoms with E-state index in [0.29, 0.717) is 0 Å². The highest BCUT2D eigenvalue weighted by Crippen LogP contribution is 2.34. The summed E-state index contributed by atoms with van der Waals surface area (Å²) in [4.78, 5) is 10.4. The molecule has 2 aromatic carbocycles. The van der Waals surface area contributed by atoms with Crippen molar-refractivity contribution in [2.75, 3.05) is 0 Å². The van der Waals surface area contributed by atoms with Gasteiger partial charge in [-0.25, -0.2) is 0 Å². The fraction of sp³-hybridized carbons (Fsp3) is 0.0833. The number of aliphatic hydroxyl groups is 2. The van der Waals surface area contributed by atoms with Gasteiger partial charge in [-0.05, 0) is 36.4 Å². The smallest absolute Gasteiger partial charge is 0.115 e. The third-order valence-electron chi connectivity index (χ3n) is 5.04. The number of aromatic nitrogens is 2. The van der Waals surface area contributed by atoms with E-state index in [2.05, 4.69) is 9.97 Å². The van der Waals surface area contributed by atoms with Crippen LogP contribution in [0.3, 0.4) is 0 Å². The number of benzene rings is 2. The first-order valence-electron chi connectivity index (χ1n) is 9.34. The molecule has 3 heterocycles. The second-order valence-corrected chi connectivity index (χ2v) is 8.11. The predicted octanol–water partition coefficient (Wildman–Crippen LogP) is 5.01. The molecule has 0 bridgehead atoms. The maximum absolute atomic E-state index is 10.8. The van der Waals surface area contributed by atoms with Crippen LogP contribution >= 0.6 is 11.3 Å². The minimum absolute atomic E-state index is 0.735. The van der Waals surface area contributed by atoms with E-state index in [9.17, 15) is 10.2 Å². The largest absolute Gasteiger partial charge is 0.383 e. The summed E-state index contributed by atoms with van der Waals surface area (Å²) in [6.07, 6.45) is 1.84. The zero-order valence-corrected chi connectivity index (χ0v) is 16.3. The standard InChI is InChI=1S/C24H18N2O2S/c27-23(17-11-15-5-1-3-7-19(15)25-13-17)21-9-10-22(29-21)24(28)18-12-16-6-2-4-8-20(16)26-14-18/h1-14,23-24,27-28H. The van der Waals surface area contributed by atoms with Crippen molar-refractivity contribution in [2.24, 2.45) is 0 Å². The lowest BCUT2D eigenvalue weighted by Crippen LogP contribution is -1.99. The first kappa shape index (κ1) is 17.9. The molecule has 2 unspecified atom stereocenters. The molecule has 0 aliphatic heterocycles. The van der Waals surface area contributed by atoms with Crippen LogP contribution in [-0.4, -0.2) is 20.2 Å². The van der Waals surface area contributed by atoms with Crippen LogP contribution in [0, 0.1) is 0 Å². The Kier molecular flexibility index (Phi) is 4.56. The van der Waals surface area contributed by atoms with Gasteiger partial charge in [0.25, 0.3) is 0 Å². The summed E-state index contributed by atoms with van der Waals surface area (Å²) >= 11 is 1.39. The zero-order valence-electron chi connectivity index (χ0n) is 15.4. The van der Waals surface area contributed by atoms with E-state index in [1.807, 2.05) is 72.8 Å². The average molecular weight is 398 g/mol. The Morgan fingerprint density at radius 2 is 1.07 bits per heavy atom. The first-order valence-corrected chi connectivity index (χ1v) is 10.2. The molecule has 5 aromatic rings. The Bertz CT molecular complexity index is 1210. The van der Waals surface area contributed by atoms with Crippen molar-refractivity contribution in [1.82, 2.24) is 9.97 Å². The van der Waals surface area contributed by atoms with Crippen molar-refractivity contribution in [3.8, 4) is 0 Å². The minimum atomic E-state index is -0.784. The van der Waals surface area contributed by atoms with E-state index in [0.717, 1.165) is 42.7 Å². The summed E-state index contributed by atoms with van der Waals surface area (Å²) in [6.45, 7) is 0. The van der Waals surface area contributed by atoms with Crippen LogP contribution in [-0.2, 0) is 0 Å². The topological polar surface area (TPSA) is 66.2 Å². The molecule has 29 heavy (non-hydrogen) atoms. The van der Waals surface area contributed by atoms with Gasteiger partial charge in [-0.1, -0.05) is 36.4 Å². The summed E-state index contributed by atoms with van der Waals surface area (Å²) in [6, 6.07) is 23.3. The van der Waals surface area contributed by atoms with Gasteiger partial charge in [-0.2, -0.15) is 0 Å². The second-order valence-electron chi connectivity index (χ2n) is 6.97. The van der Waals surface area contributed by atoms with Gasteiger partial charge < -0.3 is 10.2 Å². The van der Waals surface area contributed by atoms with Crippen LogP contribution in [0.15, 0.2) is 85.2 Å². The van der Waals surface area contributed by atoms with Gasteiger partial charge in [-0.3, -0.25) is 9.97 Å². The number of aliphatic hydroxyl groups excluding tert-OH is 2. The zero-order chi connectivity index (χ0) is 19.8. The average Bonchev–Trinajstić information content (AvgIpc) is 3.27. The molecule has 142 valence electrons. The van der Waals surface area contributed by atoms with Crippen molar-refractivity contribution in [3.05, 3.63) is 106 Å². The lowest BCUT2D eigenvalue weighted by molar-refractivity contribution is 0.223. The third-order valence-corrected chi connectivity index (χ3v) is 6.23. The van der Waals surface area contributed by atoms with E-state index in [1.54, 1.807) is 12.4 Å². The highest BCUT2D eigenvalue weighted by molar-refractivity contribution is 7.12. The van der Waals surface area contributed by atoms with Crippen LogP contribution < -0.4 is 0 Å². The quantitative estimate of drug-likeness (QED) is 0.447. The Morgan fingerprint density at radius 1 is 0.621 bits per heavy atom. The van der Waals surface area contributed by atoms with E-state index >= 15 is 0 Å². The maximum atomic E-state index is 10.8. The summed E-state index contributed by atoms with van der Waals surface area (Å²) in [7, 11) is 0. The highest BCUT2D eigenvalue weighted by atomic mass is 32.1. The molecule has 0 saturated heterocycles. The number of pyridine rings is 2. The molecule has 2 atom stereocenters. The lowest BCUT2D eigenvalue weighted by atomic mass is 10.1. The van der Waals surface area contributed by atoms with Crippen molar-refractivity contribution in [3.63, 3.8) is 0 Å². The van der Waals surface area contributed by atoms with Crippen LogP contribution in [0.5, 0.6) is 0 Å². The van der Waals surface area contributed by atoms with Gasteiger partial charge in [0.15, 0.2) is 0 Å². The molecular weight excluding hydrogens is 380 g/mol. The fourth-order valence-corrected chi connectivity index (χ4v) is 4.51. The number of hydrogen-bond acceptors (Lipinski definition) is 5. The number of rotatable bonds is 4. The molecular formula is C24H18N2O2S. The number of para-hydroxylation sites is 2. The molecule has 0 aliphatic carbocycles. The molecule has 0 aliphatic rings. The van der Waals surface area contributed by atoms with Crippen LogP contribution in [0.25, 0.3) is 21.8 Å². The first-order chi connectivity index (χ1) is 14.2. The van der Waals surface area contributed by atoms with Crippen LogP contribution in [0.2, 0.25) is 0 Å². The number of fused-ring (bicyclic) bond motifs is 2. The molecule has 0 fully saturated rings. The molecule has 0 saturated carbocycles. The monoisotopic (exact) mass is 398 g/mol. The van der Waals surface area contributed by atoms with Gasteiger partial charge >= 0.3 is 0 Å². The molecule has 0 spiro atoms.